The van der Waals surface area contributed by atoms with Gasteiger partial charge in [-0.05, 0) is 39.2 Å². The van der Waals surface area contributed by atoms with E-state index in [0.29, 0.717) is 0 Å². The third kappa shape index (κ3) is 14.7. The van der Waals surface area contributed by atoms with Crippen molar-refractivity contribution in [2.75, 3.05) is 65.7 Å². The average molecular weight is 470 g/mol. The molecule has 0 unspecified atom stereocenters. The number of hydrogen-bond donors (Lipinski definition) is 2. The van der Waals surface area contributed by atoms with Crippen LogP contribution in [0.5, 0.6) is 0 Å². The molecule has 0 radical (unpaired) electrons. The molecular weight excluding hydrogens is 431 g/mol. The van der Waals surface area contributed by atoms with Crippen LogP contribution in [0.3, 0.4) is 0 Å². The van der Waals surface area contributed by atoms with E-state index in [4.69, 9.17) is 9.47 Å². The molecule has 0 spiro atoms. The number of ether oxygens (including phenoxy) is 2. The molecule has 1 fully saturated rings. The van der Waals surface area contributed by atoms with Crippen molar-refractivity contribution in [3.05, 3.63) is 0 Å². The summed E-state index contributed by atoms with van der Waals surface area (Å²) in [5, 5.41) is 6.73. The number of hydrogen-bond acceptors (Lipinski definition) is 4. The van der Waals surface area contributed by atoms with E-state index < -0.39 is 0 Å². The first-order valence-electron chi connectivity index (χ1n) is 9.76. The summed E-state index contributed by atoms with van der Waals surface area (Å²) >= 11 is 0. The molecule has 0 aromatic heterocycles. The summed E-state index contributed by atoms with van der Waals surface area (Å²) in [6.07, 6.45) is 5.72. The Hall–Kier alpha value is -0.120. The maximum absolute atomic E-state index is 5.56. The predicted molar refractivity (Wildman–Crippen MR) is 116 cm³/mol. The molecule has 0 saturated carbocycles. The van der Waals surface area contributed by atoms with Gasteiger partial charge in [0.25, 0.3) is 0 Å². The van der Waals surface area contributed by atoms with Crippen molar-refractivity contribution < 1.29 is 9.47 Å². The summed E-state index contributed by atoms with van der Waals surface area (Å²) in [7, 11) is 0. The van der Waals surface area contributed by atoms with Gasteiger partial charge in [0.1, 0.15) is 0 Å². The smallest absolute Gasteiger partial charge is 0.191 e. The molecule has 0 atom stereocenters. The van der Waals surface area contributed by atoms with Crippen molar-refractivity contribution in [1.29, 1.82) is 0 Å². The standard InChI is InChI=1S/C18H38N4O2.HI/c1-3-5-14-23-15-8-10-21-18(19-4-2)20-9-6-7-11-22-12-16-24-17-13-22;/h3-17H2,1-2H3,(H2,19,20,21);1H. The fourth-order valence-electron chi connectivity index (χ4n) is 2.54. The van der Waals surface area contributed by atoms with Gasteiger partial charge in [-0.15, -0.1) is 24.0 Å². The number of unbranched alkanes of at least 4 members (excludes halogenated alkanes) is 2. The van der Waals surface area contributed by atoms with Crippen LogP contribution in [-0.2, 0) is 9.47 Å². The van der Waals surface area contributed by atoms with Gasteiger partial charge in [0.2, 0.25) is 0 Å². The van der Waals surface area contributed by atoms with Gasteiger partial charge in [0.05, 0.1) is 13.2 Å². The molecule has 0 bridgehead atoms. The fourth-order valence-corrected chi connectivity index (χ4v) is 2.54. The molecule has 2 N–H and O–H groups in total. The Morgan fingerprint density at radius 3 is 2.52 bits per heavy atom. The summed E-state index contributed by atoms with van der Waals surface area (Å²) in [5.74, 6) is 0.928. The second-order valence-corrected chi connectivity index (χ2v) is 6.17. The highest BCUT2D eigenvalue weighted by atomic mass is 127. The molecule has 1 aliphatic heterocycles. The highest BCUT2D eigenvalue weighted by molar-refractivity contribution is 14.0. The van der Waals surface area contributed by atoms with E-state index in [2.05, 4.69) is 34.4 Å². The lowest BCUT2D eigenvalue weighted by Crippen LogP contribution is -2.39. The van der Waals surface area contributed by atoms with Gasteiger partial charge in [-0.1, -0.05) is 13.3 Å². The maximum atomic E-state index is 5.56. The zero-order chi connectivity index (χ0) is 17.3. The highest BCUT2D eigenvalue weighted by Crippen LogP contribution is 1.99. The predicted octanol–water partition coefficient (Wildman–Crippen LogP) is 2.48. The number of guanidine groups is 1. The zero-order valence-electron chi connectivity index (χ0n) is 16.2. The van der Waals surface area contributed by atoms with Gasteiger partial charge in [-0.3, -0.25) is 9.89 Å². The summed E-state index contributed by atoms with van der Waals surface area (Å²) in [5.41, 5.74) is 0. The van der Waals surface area contributed by atoms with Crippen molar-refractivity contribution in [1.82, 2.24) is 15.5 Å². The van der Waals surface area contributed by atoms with Crippen molar-refractivity contribution in [2.24, 2.45) is 4.99 Å². The van der Waals surface area contributed by atoms with Crippen LogP contribution in [0.1, 0.15) is 46.0 Å². The largest absolute Gasteiger partial charge is 0.381 e. The van der Waals surface area contributed by atoms with Crippen LogP contribution in [-0.4, -0.2) is 76.6 Å². The van der Waals surface area contributed by atoms with Gasteiger partial charge >= 0.3 is 0 Å². The second kappa shape index (κ2) is 18.7. The molecule has 7 heteroatoms. The summed E-state index contributed by atoms with van der Waals surface area (Å²) in [6, 6.07) is 0. The third-order valence-corrected chi connectivity index (χ3v) is 4.00. The zero-order valence-corrected chi connectivity index (χ0v) is 18.6. The third-order valence-electron chi connectivity index (χ3n) is 4.00. The van der Waals surface area contributed by atoms with E-state index in [1.54, 1.807) is 0 Å². The Balaban J connectivity index is 0.00000576. The van der Waals surface area contributed by atoms with E-state index in [9.17, 15) is 0 Å². The van der Waals surface area contributed by atoms with Gasteiger partial charge in [-0.25, -0.2) is 0 Å². The Morgan fingerprint density at radius 2 is 1.80 bits per heavy atom. The number of rotatable bonds is 13. The molecule has 1 aliphatic rings. The van der Waals surface area contributed by atoms with Crippen LogP contribution >= 0.6 is 24.0 Å². The monoisotopic (exact) mass is 470 g/mol. The van der Waals surface area contributed by atoms with E-state index in [0.717, 1.165) is 78.0 Å². The SMILES string of the molecule is CCCCOCCCN=C(NCC)NCCCCN1CCOCC1.I. The van der Waals surface area contributed by atoms with Crippen molar-refractivity contribution in [3.63, 3.8) is 0 Å². The minimum absolute atomic E-state index is 0. The first-order valence-corrected chi connectivity index (χ1v) is 9.76. The van der Waals surface area contributed by atoms with Crippen LogP contribution in [0.15, 0.2) is 4.99 Å². The van der Waals surface area contributed by atoms with Gasteiger partial charge in [-0.2, -0.15) is 0 Å². The fraction of sp³-hybridized carbons (Fsp3) is 0.944. The lowest BCUT2D eigenvalue weighted by atomic mass is 10.3. The number of halogens is 1. The Labute approximate surface area is 171 Å². The van der Waals surface area contributed by atoms with E-state index in [1.165, 1.54) is 25.8 Å². The van der Waals surface area contributed by atoms with Gasteiger partial charge in [0, 0.05) is 45.9 Å². The van der Waals surface area contributed by atoms with Crippen LogP contribution in [0.25, 0.3) is 0 Å². The molecular formula is C18H39IN4O2. The molecule has 6 nitrogen and oxygen atoms in total. The number of aliphatic imine (C=N–C) groups is 1. The van der Waals surface area contributed by atoms with Crippen LogP contribution < -0.4 is 10.6 Å². The lowest BCUT2D eigenvalue weighted by molar-refractivity contribution is 0.0372. The van der Waals surface area contributed by atoms with Crippen molar-refractivity contribution >= 4 is 29.9 Å². The lowest BCUT2D eigenvalue weighted by Gasteiger charge is -2.26. The van der Waals surface area contributed by atoms with Crippen LogP contribution in [0.2, 0.25) is 0 Å². The highest BCUT2D eigenvalue weighted by Gasteiger charge is 2.08. The van der Waals surface area contributed by atoms with Gasteiger partial charge < -0.3 is 20.1 Å². The number of morpholine rings is 1. The topological polar surface area (TPSA) is 58.1 Å². The molecule has 150 valence electrons. The minimum atomic E-state index is 0. The molecule has 1 rings (SSSR count). The number of nitrogens with one attached hydrogen (secondary N) is 2. The van der Waals surface area contributed by atoms with E-state index in [-0.39, 0.29) is 24.0 Å². The quantitative estimate of drug-likeness (QED) is 0.188. The first kappa shape index (κ1) is 24.9. The van der Waals surface area contributed by atoms with Crippen molar-refractivity contribution in [2.45, 2.75) is 46.0 Å². The van der Waals surface area contributed by atoms with Crippen LogP contribution in [0, 0.1) is 0 Å². The number of nitrogens with zero attached hydrogens (tertiary/aromatic N) is 2. The summed E-state index contributed by atoms with van der Waals surface area (Å²) < 4.78 is 10.9. The molecule has 1 saturated heterocycles. The van der Waals surface area contributed by atoms with Gasteiger partial charge in [0.15, 0.2) is 5.96 Å². The van der Waals surface area contributed by atoms with E-state index in [1.807, 2.05) is 0 Å². The summed E-state index contributed by atoms with van der Waals surface area (Å²) in [6.45, 7) is 13.8. The minimum Gasteiger partial charge on any atom is -0.381 e. The maximum Gasteiger partial charge on any atom is 0.191 e. The first-order chi connectivity index (χ1) is 11.9. The average Bonchev–Trinajstić information content (AvgIpc) is 2.61. The molecule has 0 amide bonds. The Kier molecular flexibility index (Phi) is 18.6. The van der Waals surface area contributed by atoms with Crippen molar-refractivity contribution in [3.8, 4) is 0 Å². The molecule has 25 heavy (non-hydrogen) atoms. The Bertz CT molecular complexity index is 313. The Morgan fingerprint density at radius 1 is 1.04 bits per heavy atom. The molecule has 0 aromatic rings. The second-order valence-electron chi connectivity index (χ2n) is 6.17. The molecule has 0 aromatic carbocycles. The van der Waals surface area contributed by atoms with Crippen LogP contribution in [0.4, 0.5) is 0 Å². The summed E-state index contributed by atoms with van der Waals surface area (Å²) in [4.78, 5) is 7.09. The normalized spacial score (nSPS) is 15.7. The molecule has 0 aliphatic carbocycles. The molecule has 1 heterocycles. The van der Waals surface area contributed by atoms with E-state index >= 15 is 0 Å².